The van der Waals surface area contributed by atoms with Gasteiger partial charge in [0.25, 0.3) is 11.6 Å². The number of nitro benzene ring substituents is 1. The van der Waals surface area contributed by atoms with Gasteiger partial charge in [-0.3, -0.25) is 14.9 Å². The predicted octanol–water partition coefficient (Wildman–Crippen LogP) is 2.34. The van der Waals surface area contributed by atoms with Gasteiger partial charge < -0.3 is 10.1 Å². The number of aromatic nitrogens is 2. The SMILES string of the molecule is CC[C@@H](C)NS(=O)(=O)c1cc([N+](=O)[O-])ccc1Oc1cc(C(=O)NC(C)C)nn1C. The number of rotatable bonds is 9. The van der Waals surface area contributed by atoms with Crippen LogP contribution in [0.25, 0.3) is 0 Å². The summed E-state index contributed by atoms with van der Waals surface area (Å²) in [5, 5.41) is 17.9. The second kappa shape index (κ2) is 9.22. The fraction of sp³-hybridized carbons (Fsp3) is 0.444. The molecule has 1 aromatic heterocycles. The molecule has 2 N–H and O–H groups in total. The van der Waals surface area contributed by atoms with E-state index < -0.39 is 26.5 Å². The number of carbonyl (C=O) groups excluding carboxylic acids is 1. The van der Waals surface area contributed by atoms with Gasteiger partial charge in [-0.15, -0.1) is 0 Å². The van der Waals surface area contributed by atoms with Crippen LogP contribution in [0.2, 0.25) is 0 Å². The maximum absolute atomic E-state index is 12.8. The zero-order chi connectivity index (χ0) is 22.6. The van der Waals surface area contributed by atoms with Crippen LogP contribution in [0.5, 0.6) is 11.6 Å². The van der Waals surface area contributed by atoms with Crippen molar-refractivity contribution in [1.29, 1.82) is 0 Å². The number of hydrogen-bond donors (Lipinski definition) is 2. The Kier molecular flexibility index (Phi) is 7.16. The first kappa shape index (κ1) is 23.3. The summed E-state index contributed by atoms with van der Waals surface area (Å²) in [5.41, 5.74) is -0.306. The van der Waals surface area contributed by atoms with Gasteiger partial charge in [-0.1, -0.05) is 6.92 Å². The lowest BCUT2D eigenvalue weighted by atomic mass is 10.3. The molecule has 0 aliphatic rings. The van der Waals surface area contributed by atoms with Gasteiger partial charge in [-0.05, 0) is 33.3 Å². The van der Waals surface area contributed by atoms with Crippen LogP contribution in [-0.4, -0.2) is 41.1 Å². The number of nitro groups is 1. The van der Waals surface area contributed by atoms with E-state index in [1.54, 1.807) is 27.7 Å². The fourth-order valence-corrected chi connectivity index (χ4v) is 3.90. The number of hydrogen-bond acceptors (Lipinski definition) is 7. The molecular weight excluding hydrogens is 414 g/mol. The third kappa shape index (κ3) is 5.54. The quantitative estimate of drug-likeness (QED) is 0.450. The Hall–Kier alpha value is -2.99. The van der Waals surface area contributed by atoms with Crippen molar-refractivity contribution in [2.45, 2.75) is 51.1 Å². The number of carbonyl (C=O) groups is 1. The molecule has 0 saturated heterocycles. The molecule has 30 heavy (non-hydrogen) atoms. The molecule has 0 saturated carbocycles. The molecule has 0 unspecified atom stereocenters. The van der Waals surface area contributed by atoms with E-state index in [2.05, 4.69) is 15.1 Å². The predicted molar refractivity (Wildman–Crippen MR) is 109 cm³/mol. The molecule has 0 aliphatic heterocycles. The summed E-state index contributed by atoms with van der Waals surface area (Å²) in [7, 11) is -2.58. The van der Waals surface area contributed by atoms with Gasteiger partial charge in [-0.25, -0.2) is 17.8 Å². The van der Waals surface area contributed by atoms with Crippen LogP contribution in [0.1, 0.15) is 44.6 Å². The maximum atomic E-state index is 12.8. The first-order valence-corrected chi connectivity index (χ1v) is 10.8. The highest BCUT2D eigenvalue weighted by molar-refractivity contribution is 7.89. The molecule has 0 fully saturated rings. The van der Waals surface area contributed by atoms with Gasteiger partial charge in [0.15, 0.2) is 5.69 Å². The molecule has 1 heterocycles. The van der Waals surface area contributed by atoms with Crippen molar-refractivity contribution >= 4 is 21.6 Å². The van der Waals surface area contributed by atoms with Crippen molar-refractivity contribution in [2.75, 3.05) is 0 Å². The minimum absolute atomic E-state index is 0.0882. The molecule has 11 nitrogen and oxygen atoms in total. The Balaban J connectivity index is 2.46. The number of benzene rings is 1. The van der Waals surface area contributed by atoms with Crippen molar-refractivity contribution in [2.24, 2.45) is 7.05 Å². The number of non-ortho nitro benzene ring substituents is 1. The molecule has 0 bridgehead atoms. The standard InChI is InChI=1S/C18H25N5O6S/c1-6-12(4)21-30(27,28)16-9-13(23(25)26)7-8-15(16)29-17-10-14(20-22(17)5)18(24)19-11(2)3/h7-12,21H,6H2,1-5H3,(H,19,24)/t12-/m1/s1. The van der Waals surface area contributed by atoms with Gasteiger partial charge in [0.05, 0.1) is 4.92 Å². The minimum Gasteiger partial charge on any atom is -0.438 e. The number of aryl methyl sites for hydroxylation is 1. The number of nitrogens with one attached hydrogen (secondary N) is 2. The topological polar surface area (TPSA) is 145 Å². The highest BCUT2D eigenvalue weighted by Crippen LogP contribution is 2.32. The zero-order valence-electron chi connectivity index (χ0n) is 17.4. The molecule has 0 radical (unpaired) electrons. The van der Waals surface area contributed by atoms with E-state index in [-0.39, 0.29) is 34.3 Å². The summed E-state index contributed by atoms with van der Waals surface area (Å²) in [6.45, 7) is 7.08. The number of nitrogens with zero attached hydrogens (tertiary/aromatic N) is 3. The Bertz CT molecular complexity index is 1050. The Morgan fingerprint density at radius 2 is 1.97 bits per heavy atom. The largest absolute Gasteiger partial charge is 0.438 e. The Morgan fingerprint density at radius 1 is 1.30 bits per heavy atom. The highest BCUT2D eigenvalue weighted by Gasteiger charge is 2.26. The summed E-state index contributed by atoms with van der Waals surface area (Å²) in [5.74, 6) is -0.446. The number of sulfonamides is 1. The van der Waals surface area contributed by atoms with E-state index in [1.807, 2.05) is 0 Å². The van der Waals surface area contributed by atoms with Crippen molar-refractivity contribution in [1.82, 2.24) is 19.8 Å². The van der Waals surface area contributed by atoms with Crippen LogP contribution >= 0.6 is 0 Å². The minimum atomic E-state index is -4.11. The average Bonchev–Trinajstić information content (AvgIpc) is 3.01. The fourth-order valence-electron chi connectivity index (χ4n) is 2.42. The number of amides is 1. The third-order valence-corrected chi connectivity index (χ3v) is 5.71. The van der Waals surface area contributed by atoms with E-state index in [0.717, 1.165) is 12.1 Å². The monoisotopic (exact) mass is 439 g/mol. The lowest BCUT2D eigenvalue weighted by Gasteiger charge is -2.15. The van der Waals surface area contributed by atoms with Gasteiger partial charge in [0, 0.05) is 37.3 Å². The lowest BCUT2D eigenvalue weighted by molar-refractivity contribution is -0.385. The average molecular weight is 439 g/mol. The first-order chi connectivity index (χ1) is 13.9. The summed E-state index contributed by atoms with van der Waals surface area (Å²) in [6, 6.07) is 4.15. The first-order valence-electron chi connectivity index (χ1n) is 9.28. The third-order valence-electron chi connectivity index (χ3n) is 4.10. The molecule has 1 aromatic carbocycles. The second-order valence-corrected chi connectivity index (χ2v) is 8.72. The molecule has 2 rings (SSSR count). The normalized spacial score (nSPS) is 12.6. The molecule has 1 amide bonds. The smallest absolute Gasteiger partial charge is 0.272 e. The van der Waals surface area contributed by atoms with Crippen LogP contribution < -0.4 is 14.8 Å². The van der Waals surface area contributed by atoms with Crippen LogP contribution in [-0.2, 0) is 17.1 Å². The molecule has 0 aliphatic carbocycles. The molecule has 0 spiro atoms. The van der Waals surface area contributed by atoms with Crippen molar-refractivity contribution in [3.63, 3.8) is 0 Å². The van der Waals surface area contributed by atoms with E-state index in [9.17, 15) is 23.3 Å². The second-order valence-electron chi connectivity index (χ2n) is 7.04. The molecule has 1 atom stereocenters. The van der Waals surface area contributed by atoms with Crippen molar-refractivity contribution < 1.29 is 22.9 Å². The molecule has 164 valence electrons. The zero-order valence-corrected chi connectivity index (χ0v) is 18.2. The lowest BCUT2D eigenvalue weighted by Crippen LogP contribution is -2.32. The van der Waals surface area contributed by atoms with Crippen molar-refractivity contribution in [3.8, 4) is 11.6 Å². The summed E-state index contributed by atoms with van der Waals surface area (Å²) < 4.78 is 35.0. The van der Waals surface area contributed by atoms with Gasteiger partial charge in [0.1, 0.15) is 10.6 Å². The van der Waals surface area contributed by atoms with E-state index in [4.69, 9.17) is 4.74 Å². The van der Waals surface area contributed by atoms with E-state index in [0.29, 0.717) is 6.42 Å². The Labute approximate surface area is 174 Å². The van der Waals surface area contributed by atoms with Crippen LogP contribution in [0.15, 0.2) is 29.2 Å². The van der Waals surface area contributed by atoms with Crippen LogP contribution in [0, 0.1) is 10.1 Å². The van der Waals surface area contributed by atoms with Gasteiger partial charge >= 0.3 is 0 Å². The highest BCUT2D eigenvalue weighted by atomic mass is 32.2. The van der Waals surface area contributed by atoms with Crippen molar-refractivity contribution in [3.05, 3.63) is 40.1 Å². The molecule has 12 heteroatoms. The van der Waals surface area contributed by atoms with Gasteiger partial charge in [0.2, 0.25) is 15.9 Å². The van der Waals surface area contributed by atoms with Crippen LogP contribution in [0.4, 0.5) is 5.69 Å². The maximum Gasteiger partial charge on any atom is 0.272 e. The van der Waals surface area contributed by atoms with Crippen LogP contribution in [0.3, 0.4) is 0 Å². The summed E-state index contributed by atoms with van der Waals surface area (Å²) >= 11 is 0. The summed E-state index contributed by atoms with van der Waals surface area (Å²) in [4.78, 5) is 22.2. The molecular formula is C18H25N5O6S. The van der Waals surface area contributed by atoms with Gasteiger partial charge in [-0.2, -0.15) is 5.10 Å². The Morgan fingerprint density at radius 3 is 2.53 bits per heavy atom. The van der Waals surface area contributed by atoms with E-state index in [1.165, 1.54) is 23.9 Å². The summed E-state index contributed by atoms with van der Waals surface area (Å²) in [6.07, 6.45) is 0.528. The number of ether oxygens (including phenoxy) is 1. The van der Waals surface area contributed by atoms with E-state index >= 15 is 0 Å². The molecule has 2 aromatic rings.